The van der Waals surface area contributed by atoms with Crippen molar-refractivity contribution in [1.29, 1.82) is 5.26 Å². The number of amides is 1. The quantitative estimate of drug-likeness (QED) is 0.726. The first-order valence-corrected chi connectivity index (χ1v) is 8.15. The van der Waals surface area contributed by atoms with E-state index in [4.69, 9.17) is 26.3 Å². The van der Waals surface area contributed by atoms with Gasteiger partial charge in [-0.2, -0.15) is 5.26 Å². The normalized spacial score (nSPS) is 10.1. The van der Waals surface area contributed by atoms with Gasteiger partial charge in [-0.05, 0) is 23.8 Å². The van der Waals surface area contributed by atoms with E-state index in [2.05, 4.69) is 0 Å². The fourth-order valence-electron chi connectivity index (χ4n) is 2.22. The van der Waals surface area contributed by atoms with Gasteiger partial charge in [0.05, 0.1) is 23.3 Å². The number of methoxy groups -OCH3 is 1. The summed E-state index contributed by atoms with van der Waals surface area (Å²) in [7, 11) is 1.60. The van der Waals surface area contributed by atoms with Gasteiger partial charge in [-0.1, -0.05) is 41.9 Å². The van der Waals surface area contributed by atoms with E-state index in [-0.39, 0.29) is 12.5 Å². The van der Waals surface area contributed by atoms with Crippen molar-refractivity contribution in [2.24, 2.45) is 0 Å². The van der Waals surface area contributed by atoms with Gasteiger partial charge in [0.15, 0.2) is 6.61 Å². The molecule has 0 bridgehead atoms. The zero-order chi connectivity index (χ0) is 18.1. The molecule has 0 N–H and O–H groups in total. The highest BCUT2D eigenvalue weighted by atomic mass is 35.5. The molecule has 6 heteroatoms. The van der Waals surface area contributed by atoms with Crippen LogP contribution >= 0.6 is 11.6 Å². The highest BCUT2D eigenvalue weighted by Gasteiger charge is 2.15. The summed E-state index contributed by atoms with van der Waals surface area (Å²) in [5.74, 6) is 0.210. The lowest BCUT2D eigenvalue weighted by Crippen LogP contribution is -2.36. The third-order valence-corrected chi connectivity index (χ3v) is 3.84. The Balaban J connectivity index is 2.00. The predicted octanol–water partition coefficient (Wildman–Crippen LogP) is 3.27. The van der Waals surface area contributed by atoms with Crippen molar-refractivity contribution >= 4 is 17.5 Å². The summed E-state index contributed by atoms with van der Waals surface area (Å²) in [6.07, 6.45) is 0. The van der Waals surface area contributed by atoms with Crippen LogP contribution in [-0.4, -0.2) is 37.7 Å². The van der Waals surface area contributed by atoms with E-state index in [0.29, 0.717) is 36.0 Å². The Kier molecular flexibility index (Phi) is 7.27. The van der Waals surface area contributed by atoms with E-state index in [1.165, 1.54) is 6.07 Å². The lowest BCUT2D eigenvalue weighted by Gasteiger charge is -2.22. The molecule has 0 saturated carbocycles. The molecule has 0 aliphatic rings. The molecule has 0 aliphatic carbocycles. The summed E-state index contributed by atoms with van der Waals surface area (Å²) < 4.78 is 10.6. The monoisotopic (exact) mass is 358 g/mol. The number of nitrogens with zero attached hydrogens (tertiary/aromatic N) is 2. The lowest BCUT2D eigenvalue weighted by atomic mass is 10.2. The SMILES string of the molecule is COCCN(Cc1ccccc1)C(=O)COc1ccc(C#N)cc1Cl. The largest absolute Gasteiger partial charge is 0.482 e. The zero-order valence-corrected chi connectivity index (χ0v) is 14.7. The van der Waals surface area contributed by atoms with Gasteiger partial charge in [-0.3, -0.25) is 4.79 Å². The standard InChI is InChI=1S/C19H19ClN2O3/c1-24-10-9-22(13-15-5-3-2-4-6-15)19(23)14-25-18-8-7-16(12-21)11-17(18)20/h2-8,11H,9-10,13-14H2,1H3. The number of carbonyl (C=O) groups excluding carboxylic acids is 1. The van der Waals surface area contributed by atoms with Crippen molar-refractivity contribution in [1.82, 2.24) is 4.90 Å². The summed E-state index contributed by atoms with van der Waals surface area (Å²) in [5, 5.41) is 9.15. The third-order valence-electron chi connectivity index (χ3n) is 3.55. The van der Waals surface area contributed by atoms with Crippen LogP contribution in [0.25, 0.3) is 0 Å². The van der Waals surface area contributed by atoms with Crippen molar-refractivity contribution in [3.63, 3.8) is 0 Å². The van der Waals surface area contributed by atoms with Crippen LogP contribution in [0.5, 0.6) is 5.75 Å². The fraction of sp³-hybridized carbons (Fsp3) is 0.263. The van der Waals surface area contributed by atoms with E-state index in [1.54, 1.807) is 24.1 Å². The first kappa shape index (κ1) is 18.8. The Morgan fingerprint density at radius 2 is 2.00 bits per heavy atom. The van der Waals surface area contributed by atoms with Crippen LogP contribution in [-0.2, 0) is 16.1 Å². The number of carbonyl (C=O) groups is 1. The molecule has 2 aromatic carbocycles. The Hall–Kier alpha value is -2.55. The van der Waals surface area contributed by atoms with Crippen molar-refractivity contribution in [3.05, 3.63) is 64.7 Å². The van der Waals surface area contributed by atoms with E-state index in [0.717, 1.165) is 5.56 Å². The molecule has 2 aromatic rings. The number of nitriles is 1. The highest BCUT2D eigenvalue weighted by Crippen LogP contribution is 2.25. The zero-order valence-electron chi connectivity index (χ0n) is 13.9. The van der Waals surface area contributed by atoms with E-state index in [9.17, 15) is 4.79 Å². The van der Waals surface area contributed by atoms with E-state index >= 15 is 0 Å². The molecule has 0 fully saturated rings. The summed E-state index contributed by atoms with van der Waals surface area (Å²) >= 11 is 6.06. The molecular formula is C19H19ClN2O3. The molecular weight excluding hydrogens is 340 g/mol. The molecule has 0 aromatic heterocycles. The van der Waals surface area contributed by atoms with E-state index in [1.807, 2.05) is 36.4 Å². The topological polar surface area (TPSA) is 62.6 Å². The van der Waals surface area contributed by atoms with Gasteiger partial charge in [0, 0.05) is 20.2 Å². The van der Waals surface area contributed by atoms with Gasteiger partial charge in [0.25, 0.3) is 5.91 Å². The first-order valence-electron chi connectivity index (χ1n) is 7.77. The maximum atomic E-state index is 12.5. The van der Waals surface area contributed by atoms with Gasteiger partial charge in [-0.25, -0.2) is 0 Å². The van der Waals surface area contributed by atoms with Crippen LogP contribution in [0.2, 0.25) is 5.02 Å². The van der Waals surface area contributed by atoms with Gasteiger partial charge >= 0.3 is 0 Å². The smallest absolute Gasteiger partial charge is 0.260 e. The highest BCUT2D eigenvalue weighted by molar-refractivity contribution is 6.32. The number of ether oxygens (including phenoxy) is 2. The maximum absolute atomic E-state index is 12.5. The molecule has 5 nitrogen and oxygen atoms in total. The van der Waals surface area contributed by atoms with Crippen molar-refractivity contribution < 1.29 is 14.3 Å². The second kappa shape index (κ2) is 9.67. The maximum Gasteiger partial charge on any atom is 0.260 e. The molecule has 130 valence electrons. The number of benzene rings is 2. The van der Waals surface area contributed by atoms with Crippen LogP contribution in [0.15, 0.2) is 48.5 Å². The summed E-state index contributed by atoms with van der Waals surface area (Å²) in [5.41, 5.74) is 1.47. The molecule has 0 heterocycles. The van der Waals surface area contributed by atoms with Crippen LogP contribution in [0.3, 0.4) is 0 Å². The van der Waals surface area contributed by atoms with Crippen LogP contribution < -0.4 is 4.74 Å². The molecule has 2 rings (SSSR count). The molecule has 0 atom stereocenters. The van der Waals surface area contributed by atoms with Crippen molar-refractivity contribution in [3.8, 4) is 11.8 Å². The average molecular weight is 359 g/mol. The molecule has 1 amide bonds. The average Bonchev–Trinajstić information content (AvgIpc) is 2.64. The second-order valence-electron chi connectivity index (χ2n) is 5.34. The van der Waals surface area contributed by atoms with Gasteiger partial charge in [-0.15, -0.1) is 0 Å². The third kappa shape index (κ3) is 5.79. The Morgan fingerprint density at radius 1 is 1.24 bits per heavy atom. The molecule has 0 radical (unpaired) electrons. The van der Waals surface area contributed by atoms with Gasteiger partial charge in [0.2, 0.25) is 0 Å². The minimum atomic E-state index is -0.165. The Morgan fingerprint density at radius 3 is 2.64 bits per heavy atom. The summed E-state index contributed by atoms with van der Waals surface area (Å²) in [4.78, 5) is 14.2. The molecule has 0 saturated heterocycles. The molecule has 0 spiro atoms. The summed E-state index contributed by atoms with van der Waals surface area (Å²) in [6.45, 7) is 1.25. The van der Waals surface area contributed by atoms with Gasteiger partial charge < -0.3 is 14.4 Å². The Bertz CT molecular complexity index is 744. The number of hydrogen-bond acceptors (Lipinski definition) is 4. The Labute approximate surface area is 152 Å². The predicted molar refractivity (Wildman–Crippen MR) is 95.4 cm³/mol. The second-order valence-corrected chi connectivity index (χ2v) is 5.75. The molecule has 0 unspecified atom stereocenters. The number of halogens is 1. The molecule has 0 aliphatic heterocycles. The minimum absolute atomic E-state index is 0.137. The first-order chi connectivity index (χ1) is 12.1. The van der Waals surface area contributed by atoms with Crippen LogP contribution in [0, 0.1) is 11.3 Å². The van der Waals surface area contributed by atoms with Crippen LogP contribution in [0.1, 0.15) is 11.1 Å². The number of hydrogen-bond donors (Lipinski definition) is 0. The van der Waals surface area contributed by atoms with Gasteiger partial charge in [0.1, 0.15) is 5.75 Å². The lowest BCUT2D eigenvalue weighted by molar-refractivity contribution is -0.134. The van der Waals surface area contributed by atoms with Crippen LogP contribution in [0.4, 0.5) is 0 Å². The van der Waals surface area contributed by atoms with E-state index < -0.39 is 0 Å². The van der Waals surface area contributed by atoms with Crippen molar-refractivity contribution in [2.75, 3.05) is 26.9 Å². The minimum Gasteiger partial charge on any atom is -0.482 e. The molecule has 25 heavy (non-hydrogen) atoms. The van der Waals surface area contributed by atoms with Crippen molar-refractivity contribution in [2.45, 2.75) is 6.54 Å². The number of rotatable bonds is 8. The fourth-order valence-corrected chi connectivity index (χ4v) is 2.45. The summed E-state index contributed by atoms with van der Waals surface area (Å²) in [6, 6.07) is 16.4.